The van der Waals surface area contributed by atoms with Crippen LogP contribution in [0.4, 0.5) is 0 Å². The van der Waals surface area contributed by atoms with E-state index in [4.69, 9.17) is 4.74 Å². The minimum atomic E-state index is 0.187. The van der Waals surface area contributed by atoms with Gasteiger partial charge in [-0.25, -0.2) is 0 Å². The van der Waals surface area contributed by atoms with Crippen molar-refractivity contribution in [2.75, 3.05) is 13.7 Å². The van der Waals surface area contributed by atoms with Crippen LogP contribution in [0.25, 0.3) is 0 Å². The summed E-state index contributed by atoms with van der Waals surface area (Å²) in [5.74, 6) is 0. The molecule has 1 aromatic rings. The van der Waals surface area contributed by atoms with E-state index in [0.717, 1.165) is 29.6 Å². The van der Waals surface area contributed by atoms with E-state index in [0.29, 0.717) is 6.04 Å². The maximum absolute atomic E-state index is 5.67. The topological polar surface area (TPSA) is 39.1 Å². The summed E-state index contributed by atoms with van der Waals surface area (Å²) in [5.41, 5.74) is 2.34. The Kier molecular flexibility index (Phi) is 6.32. The molecule has 1 aromatic heterocycles. The van der Waals surface area contributed by atoms with Gasteiger partial charge in [0.2, 0.25) is 0 Å². The van der Waals surface area contributed by atoms with Crippen LogP contribution >= 0.6 is 15.9 Å². The molecular weight excluding hydrogens is 294 g/mol. The normalized spacial score (nSPS) is 14.8. The average Bonchev–Trinajstić information content (AvgIpc) is 2.62. The van der Waals surface area contributed by atoms with E-state index in [2.05, 4.69) is 40.2 Å². The lowest BCUT2D eigenvalue weighted by Crippen LogP contribution is -2.39. The van der Waals surface area contributed by atoms with Gasteiger partial charge in [-0.1, -0.05) is 6.92 Å². The second-order valence-corrected chi connectivity index (χ2v) is 5.24. The maximum atomic E-state index is 5.67. The quantitative estimate of drug-likeness (QED) is 0.838. The Morgan fingerprint density at radius 3 is 2.56 bits per heavy atom. The van der Waals surface area contributed by atoms with E-state index in [1.165, 1.54) is 5.69 Å². The molecule has 0 saturated carbocycles. The Labute approximate surface area is 118 Å². The molecule has 1 heterocycles. The van der Waals surface area contributed by atoms with Crippen LogP contribution in [0.2, 0.25) is 0 Å². The molecule has 0 amide bonds. The first-order valence-electron chi connectivity index (χ1n) is 6.54. The molecular formula is C13H24BrN3O. The van der Waals surface area contributed by atoms with Gasteiger partial charge >= 0.3 is 0 Å². The molecule has 4 nitrogen and oxygen atoms in total. The van der Waals surface area contributed by atoms with E-state index >= 15 is 0 Å². The van der Waals surface area contributed by atoms with Crippen molar-refractivity contribution in [3.63, 3.8) is 0 Å². The predicted octanol–water partition coefficient (Wildman–Crippen LogP) is 2.30. The Morgan fingerprint density at radius 1 is 1.44 bits per heavy atom. The highest BCUT2D eigenvalue weighted by atomic mass is 79.9. The third-order valence-electron chi connectivity index (χ3n) is 3.28. The molecule has 0 spiro atoms. The average molecular weight is 318 g/mol. The van der Waals surface area contributed by atoms with Crippen molar-refractivity contribution >= 4 is 15.9 Å². The molecule has 0 bridgehead atoms. The zero-order valence-corrected chi connectivity index (χ0v) is 13.5. The summed E-state index contributed by atoms with van der Waals surface area (Å²) in [4.78, 5) is 0. The van der Waals surface area contributed by atoms with Crippen molar-refractivity contribution in [3.8, 4) is 0 Å². The summed E-state index contributed by atoms with van der Waals surface area (Å²) in [5, 5.41) is 7.85. The van der Waals surface area contributed by atoms with Crippen molar-refractivity contribution < 1.29 is 4.74 Å². The minimum absolute atomic E-state index is 0.187. The van der Waals surface area contributed by atoms with Gasteiger partial charge in [0.25, 0.3) is 0 Å². The summed E-state index contributed by atoms with van der Waals surface area (Å²) in [6, 6.07) is 0.293. The van der Waals surface area contributed by atoms with Gasteiger partial charge in [-0.2, -0.15) is 5.10 Å². The molecule has 0 aliphatic carbocycles. The van der Waals surface area contributed by atoms with Crippen LogP contribution in [-0.2, 0) is 24.6 Å². The Bertz CT molecular complexity index is 379. The second kappa shape index (κ2) is 7.26. The second-order valence-electron chi connectivity index (χ2n) is 4.44. The third-order valence-corrected chi connectivity index (χ3v) is 4.20. The fraction of sp³-hybridized carbons (Fsp3) is 0.769. The first-order chi connectivity index (χ1) is 8.54. The molecule has 5 heteroatoms. The number of nitrogens with one attached hydrogen (secondary N) is 1. The Balaban J connectivity index is 2.84. The van der Waals surface area contributed by atoms with Gasteiger partial charge < -0.3 is 10.1 Å². The van der Waals surface area contributed by atoms with Gasteiger partial charge in [0.05, 0.1) is 22.0 Å². The molecule has 0 saturated heterocycles. The van der Waals surface area contributed by atoms with Gasteiger partial charge in [-0.15, -0.1) is 0 Å². The Morgan fingerprint density at radius 2 is 2.11 bits per heavy atom. The number of hydrogen-bond acceptors (Lipinski definition) is 3. The number of halogens is 1. The van der Waals surface area contributed by atoms with Crippen molar-refractivity contribution in [2.24, 2.45) is 7.05 Å². The van der Waals surface area contributed by atoms with Crippen LogP contribution in [0, 0.1) is 0 Å². The zero-order chi connectivity index (χ0) is 13.7. The standard InChI is InChI=1S/C13H24BrN3O/c1-6-10-13(14)12(17(5)16-10)8-11(15-4)9(3)18-7-2/h9,11,15H,6-8H2,1-5H3. The van der Waals surface area contributed by atoms with Crippen molar-refractivity contribution in [3.05, 3.63) is 15.9 Å². The summed E-state index contributed by atoms with van der Waals surface area (Å²) >= 11 is 3.66. The van der Waals surface area contributed by atoms with Gasteiger partial charge in [-0.05, 0) is 43.2 Å². The first-order valence-corrected chi connectivity index (χ1v) is 7.33. The van der Waals surface area contributed by atoms with Crippen LogP contribution in [-0.4, -0.2) is 35.6 Å². The molecule has 0 radical (unpaired) electrons. The van der Waals surface area contributed by atoms with Gasteiger partial charge in [0, 0.05) is 26.1 Å². The predicted molar refractivity (Wildman–Crippen MR) is 77.9 cm³/mol. The van der Waals surface area contributed by atoms with Crippen LogP contribution in [0.15, 0.2) is 4.47 Å². The number of ether oxygens (including phenoxy) is 1. The molecule has 1 N–H and O–H groups in total. The lowest BCUT2D eigenvalue weighted by Gasteiger charge is -2.23. The van der Waals surface area contributed by atoms with Crippen LogP contribution in [0.3, 0.4) is 0 Å². The zero-order valence-electron chi connectivity index (χ0n) is 12.0. The highest BCUT2D eigenvalue weighted by Gasteiger charge is 2.21. The van der Waals surface area contributed by atoms with Crippen molar-refractivity contribution in [1.82, 2.24) is 15.1 Å². The number of hydrogen-bond donors (Lipinski definition) is 1. The molecule has 104 valence electrons. The molecule has 0 fully saturated rings. The van der Waals surface area contributed by atoms with Crippen LogP contribution in [0.1, 0.15) is 32.2 Å². The van der Waals surface area contributed by atoms with Gasteiger partial charge in [0.1, 0.15) is 0 Å². The van der Waals surface area contributed by atoms with Crippen molar-refractivity contribution in [2.45, 2.75) is 45.8 Å². The highest BCUT2D eigenvalue weighted by molar-refractivity contribution is 9.10. The lowest BCUT2D eigenvalue weighted by atomic mass is 10.1. The summed E-state index contributed by atoms with van der Waals surface area (Å²) in [6.45, 7) is 7.00. The number of aryl methyl sites for hydroxylation is 2. The van der Waals surface area contributed by atoms with E-state index in [9.17, 15) is 0 Å². The molecule has 0 aliphatic rings. The van der Waals surface area contributed by atoms with E-state index < -0.39 is 0 Å². The first kappa shape index (κ1) is 15.7. The third kappa shape index (κ3) is 3.56. The largest absolute Gasteiger partial charge is 0.377 e. The molecule has 1 rings (SSSR count). The SMILES string of the molecule is CCOC(C)C(Cc1c(Br)c(CC)nn1C)NC. The summed E-state index contributed by atoms with van der Waals surface area (Å²) in [7, 11) is 3.97. The number of likely N-dealkylation sites (N-methyl/N-ethyl adjacent to an activating group) is 1. The summed E-state index contributed by atoms with van der Waals surface area (Å²) in [6.07, 6.45) is 2.04. The fourth-order valence-corrected chi connectivity index (χ4v) is 2.91. The Hall–Kier alpha value is -0.390. The van der Waals surface area contributed by atoms with Gasteiger partial charge in [-0.3, -0.25) is 4.68 Å². The molecule has 2 atom stereocenters. The molecule has 0 aliphatic heterocycles. The molecule has 18 heavy (non-hydrogen) atoms. The monoisotopic (exact) mass is 317 g/mol. The van der Waals surface area contributed by atoms with Gasteiger partial charge in [0.15, 0.2) is 0 Å². The summed E-state index contributed by atoms with van der Waals surface area (Å²) < 4.78 is 8.77. The van der Waals surface area contributed by atoms with Crippen LogP contribution < -0.4 is 5.32 Å². The number of nitrogens with zero attached hydrogens (tertiary/aromatic N) is 2. The molecule has 0 aromatic carbocycles. The molecule has 2 unspecified atom stereocenters. The maximum Gasteiger partial charge on any atom is 0.0766 e. The van der Waals surface area contributed by atoms with E-state index in [1.807, 2.05) is 25.7 Å². The lowest BCUT2D eigenvalue weighted by molar-refractivity contribution is 0.0492. The highest BCUT2D eigenvalue weighted by Crippen LogP contribution is 2.23. The smallest absolute Gasteiger partial charge is 0.0766 e. The number of aromatic nitrogens is 2. The van der Waals surface area contributed by atoms with E-state index in [1.54, 1.807) is 0 Å². The van der Waals surface area contributed by atoms with Crippen LogP contribution in [0.5, 0.6) is 0 Å². The van der Waals surface area contributed by atoms with E-state index in [-0.39, 0.29) is 6.10 Å². The minimum Gasteiger partial charge on any atom is -0.377 e. The van der Waals surface area contributed by atoms with Crippen molar-refractivity contribution in [1.29, 1.82) is 0 Å². The number of rotatable bonds is 7. The fourth-order valence-electron chi connectivity index (χ4n) is 2.13.